The molecule has 0 spiro atoms. The molecule has 2 aromatic rings. The van der Waals surface area contributed by atoms with E-state index in [4.69, 9.17) is 4.74 Å². The smallest absolute Gasteiger partial charge is 0.260 e. The molecule has 0 aliphatic carbocycles. The molecule has 1 unspecified atom stereocenters. The highest BCUT2D eigenvalue weighted by molar-refractivity contribution is 14.1. The van der Waals surface area contributed by atoms with E-state index >= 15 is 0 Å². The fourth-order valence-corrected chi connectivity index (χ4v) is 2.44. The molecule has 1 atom stereocenters. The van der Waals surface area contributed by atoms with Gasteiger partial charge in [0.25, 0.3) is 5.91 Å². The van der Waals surface area contributed by atoms with Crippen LogP contribution in [0.25, 0.3) is 0 Å². The zero-order valence-corrected chi connectivity index (χ0v) is 14.3. The van der Waals surface area contributed by atoms with Crippen LogP contribution in [0.5, 0.6) is 5.75 Å². The van der Waals surface area contributed by atoms with Gasteiger partial charge >= 0.3 is 0 Å². The molecule has 0 saturated carbocycles. The van der Waals surface area contributed by atoms with E-state index in [9.17, 15) is 9.18 Å². The van der Waals surface area contributed by atoms with Crippen molar-refractivity contribution in [2.24, 2.45) is 0 Å². The third kappa shape index (κ3) is 5.29. The second kappa shape index (κ2) is 8.12. The molecule has 2 aromatic carbocycles. The molecule has 3 nitrogen and oxygen atoms in total. The zero-order chi connectivity index (χ0) is 15.9. The number of benzene rings is 2. The fourth-order valence-electron chi connectivity index (χ4n) is 1.92. The van der Waals surface area contributed by atoms with Crippen molar-refractivity contribution < 1.29 is 13.9 Å². The molecule has 0 bridgehead atoms. The predicted molar refractivity (Wildman–Crippen MR) is 92.4 cm³/mol. The second-order valence-electron chi connectivity index (χ2n) is 4.88. The average molecular weight is 413 g/mol. The Morgan fingerprint density at radius 2 is 2.00 bits per heavy atom. The number of nitrogens with one attached hydrogen (secondary N) is 1. The summed E-state index contributed by atoms with van der Waals surface area (Å²) in [6.07, 6.45) is 0.0912. The summed E-state index contributed by atoms with van der Waals surface area (Å²) >= 11 is 2.19. The maximum absolute atomic E-state index is 12.8. The minimum absolute atomic E-state index is 0.166. The van der Waals surface area contributed by atoms with E-state index in [0.717, 1.165) is 9.13 Å². The van der Waals surface area contributed by atoms with E-state index in [0.29, 0.717) is 18.7 Å². The summed E-state index contributed by atoms with van der Waals surface area (Å²) in [4.78, 5) is 12.0. The van der Waals surface area contributed by atoms with Gasteiger partial charge in [-0.1, -0.05) is 18.2 Å². The monoisotopic (exact) mass is 413 g/mol. The van der Waals surface area contributed by atoms with Crippen molar-refractivity contribution >= 4 is 28.5 Å². The second-order valence-corrected chi connectivity index (χ2v) is 6.13. The van der Waals surface area contributed by atoms with Gasteiger partial charge in [0.2, 0.25) is 0 Å². The Labute approximate surface area is 143 Å². The van der Waals surface area contributed by atoms with Crippen LogP contribution in [-0.4, -0.2) is 18.6 Å². The molecule has 0 saturated heterocycles. The van der Waals surface area contributed by atoms with Gasteiger partial charge in [-0.25, -0.2) is 4.39 Å². The minimum Gasteiger partial charge on any atom is -0.481 e. The summed E-state index contributed by atoms with van der Waals surface area (Å²) in [6.45, 7) is 2.21. The molecule has 1 amide bonds. The van der Waals surface area contributed by atoms with Gasteiger partial charge in [-0.05, 0) is 71.8 Å². The molecule has 116 valence electrons. The number of halogens is 2. The summed E-state index contributed by atoms with van der Waals surface area (Å²) < 4.78 is 19.5. The lowest BCUT2D eigenvalue weighted by Crippen LogP contribution is -2.37. The summed E-state index contributed by atoms with van der Waals surface area (Å²) in [6, 6.07) is 13.8. The van der Waals surface area contributed by atoms with Crippen LogP contribution in [0.15, 0.2) is 48.5 Å². The van der Waals surface area contributed by atoms with Crippen molar-refractivity contribution in [1.82, 2.24) is 5.32 Å². The SMILES string of the molecule is CC(Oc1cccc(I)c1)C(=O)NCCc1ccc(F)cc1. The molecule has 0 radical (unpaired) electrons. The topological polar surface area (TPSA) is 38.3 Å². The lowest BCUT2D eigenvalue weighted by Gasteiger charge is -2.15. The highest BCUT2D eigenvalue weighted by atomic mass is 127. The summed E-state index contributed by atoms with van der Waals surface area (Å²) in [7, 11) is 0. The maximum atomic E-state index is 12.8. The molecule has 0 aliphatic rings. The summed E-state index contributed by atoms with van der Waals surface area (Å²) in [5.41, 5.74) is 0.980. The number of ether oxygens (including phenoxy) is 1. The van der Waals surface area contributed by atoms with Gasteiger partial charge in [-0.15, -0.1) is 0 Å². The number of hydrogen-bond donors (Lipinski definition) is 1. The van der Waals surface area contributed by atoms with Gasteiger partial charge < -0.3 is 10.1 Å². The van der Waals surface area contributed by atoms with Gasteiger partial charge in [0.1, 0.15) is 11.6 Å². The van der Waals surface area contributed by atoms with Crippen LogP contribution in [0.3, 0.4) is 0 Å². The Balaban J connectivity index is 1.77. The highest BCUT2D eigenvalue weighted by Crippen LogP contribution is 2.16. The van der Waals surface area contributed by atoms with Gasteiger partial charge in [-0.3, -0.25) is 4.79 Å². The van der Waals surface area contributed by atoms with Gasteiger partial charge in [0.15, 0.2) is 6.10 Å². The number of carbonyl (C=O) groups is 1. The van der Waals surface area contributed by atoms with E-state index in [1.54, 1.807) is 19.1 Å². The van der Waals surface area contributed by atoms with Crippen LogP contribution in [-0.2, 0) is 11.2 Å². The first-order valence-electron chi connectivity index (χ1n) is 6.99. The molecule has 0 fully saturated rings. The Morgan fingerprint density at radius 3 is 2.68 bits per heavy atom. The van der Waals surface area contributed by atoms with Crippen LogP contribution in [0.4, 0.5) is 4.39 Å². The largest absolute Gasteiger partial charge is 0.481 e. The van der Waals surface area contributed by atoms with Crippen LogP contribution >= 0.6 is 22.6 Å². The van der Waals surface area contributed by atoms with Crippen molar-refractivity contribution in [2.45, 2.75) is 19.4 Å². The summed E-state index contributed by atoms with van der Waals surface area (Å²) in [5, 5.41) is 2.82. The molecular formula is C17H17FINO2. The minimum atomic E-state index is -0.564. The molecule has 1 N–H and O–H groups in total. The van der Waals surface area contributed by atoms with Crippen molar-refractivity contribution in [3.8, 4) is 5.75 Å². The number of carbonyl (C=O) groups excluding carboxylic acids is 1. The van der Waals surface area contributed by atoms with Crippen molar-refractivity contribution in [3.63, 3.8) is 0 Å². The Morgan fingerprint density at radius 1 is 1.27 bits per heavy atom. The van der Waals surface area contributed by atoms with E-state index in [1.165, 1.54) is 12.1 Å². The lowest BCUT2D eigenvalue weighted by molar-refractivity contribution is -0.127. The lowest BCUT2D eigenvalue weighted by atomic mass is 10.1. The van der Waals surface area contributed by atoms with E-state index < -0.39 is 6.10 Å². The molecule has 5 heteroatoms. The first-order chi connectivity index (χ1) is 10.5. The van der Waals surface area contributed by atoms with Crippen LogP contribution < -0.4 is 10.1 Å². The van der Waals surface area contributed by atoms with Crippen LogP contribution in [0.1, 0.15) is 12.5 Å². The zero-order valence-electron chi connectivity index (χ0n) is 12.2. The number of rotatable bonds is 6. The molecule has 2 rings (SSSR count). The van der Waals surface area contributed by atoms with E-state index in [2.05, 4.69) is 27.9 Å². The summed E-state index contributed by atoms with van der Waals surface area (Å²) in [5.74, 6) is 0.251. The molecular weight excluding hydrogens is 396 g/mol. The Kier molecular flexibility index (Phi) is 6.18. The number of hydrogen-bond acceptors (Lipinski definition) is 2. The molecule has 0 aliphatic heterocycles. The van der Waals surface area contributed by atoms with Gasteiger partial charge in [0.05, 0.1) is 0 Å². The Bertz CT molecular complexity index is 631. The van der Waals surface area contributed by atoms with Crippen molar-refractivity contribution in [1.29, 1.82) is 0 Å². The van der Waals surface area contributed by atoms with Crippen LogP contribution in [0, 0.1) is 9.39 Å². The van der Waals surface area contributed by atoms with Gasteiger partial charge in [-0.2, -0.15) is 0 Å². The first-order valence-corrected chi connectivity index (χ1v) is 8.07. The normalized spacial score (nSPS) is 11.8. The van der Waals surface area contributed by atoms with Crippen molar-refractivity contribution in [3.05, 3.63) is 63.5 Å². The average Bonchev–Trinajstić information content (AvgIpc) is 2.49. The molecule has 22 heavy (non-hydrogen) atoms. The highest BCUT2D eigenvalue weighted by Gasteiger charge is 2.14. The van der Waals surface area contributed by atoms with E-state index in [1.807, 2.05) is 24.3 Å². The standard InChI is InChI=1S/C17H17FINO2/c1-12(22-16-4-2-3-15(19)11-16)17(21)20-10-9-13-5-7-14(18)8-6-13/h2-8,11-12H,9-10H2,1H3,(H,20,21). The quantitative estimate of drug-likeness (QED) is 0.736. The van der Waals surface area contributed by atoms with Crippen LogP contribution in [0.2, 0.25) is 0 Å². The maximum Gasteiger partial charge on any atom is 0.260 e. The fraction of sp³-hybridized carbons (Fsp3) is 0.235. The van der Waals surface area contributed by atoms with Crippen molar-refractivity contribution in [2.75, 3.05) is 6.54 Å². The van der Waals surface area contributed by atoms with Gasteiger partial charge in [0, 0.05) is 10.1 Å². The van der Waals surface area contributed by atoms with E-state index in [-0.39, 0.29) is 11.7 Å². The molecule has 0 heterocycles. The third-order valence-corrected chi connectivity index (χ3v) is 3.78. The predicted octanol–water partition coefficient (Wildman–Crippen LogP) is 3.56. The first kappa shape index (κ1) is 16.7. The molecule has 0 aromatic heterocycles. The third-order valence-electron chi connectivity index (χ3n) is 3.10. The number of amides is 1. The Hall–Kier alpha value is -1.63.